The molecule has 120 valence electrons. The van der Waals surface area contributed by atoms with Gasteiger partial charge in [0.05, 0.1) is 19.7 Å². The van der Waals surface area contributed by atoms with E-state index in [1.165, 1.54) is 0 Å². The topological polar surface area (TPSA) is 59.1 Å². The van der Waals surface area contributed by atoms with Crippen molar-refractivity contribution in [3.05, 3.63) is 30.3 Å². The number of para-hydroxylation sites is 1. The molecule has 2 rings (SSSR count). The predicted molar refractivity (Wildman–Crippen MR) is 81.6 cm³/mol. The molecule has 0 aromatic heterocycles. The minimum absolute atomic E-state index is 0.0450. The van der Waals surface area contributed by atoms with Gasteiger partial charge in [-0.2, -0.15) is 0 Å². The van der Waals surface area contributed by atoms with E-state index in [4.69, 9.17) is 9.47 Å². The average Bonchev–Trinajstić information content (AvgIpc) is 2.54. The molecule has 0 saturated carbocycles. The van der Waals surface area contributed by atoms with Crippen molar-refractivity contribution in [1.82, 2.24) is 9.80 Å². The largest absolute Gasteiger partial charge is 0.492 e. The van der Waals surface area contributed by atoms with Crippen LogP contribution in [0.5, 0.6) is 5.75 Å². The highest BCUT2D eigenvalue weighted by Gasteiger charge is 2.35. The summed E-state index contributed by atoms with van der Waals surface area (Å²) >= 11 is 0. The summed E-state index contributed by atoms with van der Waals surface area (Å²) in [5.74, 6) is 0.656. The van der Waals surface area contributed by atoms with Crippen LogP contribution in [-0.4, -0.2) is 67.6 Å². The van der Waals surface area contributed by atoms with E-state index in [0.29, 0.717) is 26.3 Å². The fraction of sp³-hybridized carbons (Fsp3) is 0.500. The second kappa shape index (κ2) is 7.79. The second-order valence-electron chi connectivity index (χ2n) is 5.18. The van der Waals surface area contributed by atoms with Gasteiger partial charge in [0, 0.05) is 13.7 Å². The number of hydrogen-bond acceptors (Lipinski definition) is 4. The van der Waals surface area contributed by atoms with Gasteiger partial charge in [0.1, 0.15) is 18.4 Å². The smallest absolute Gasteiger partial charge is 0.245 e. The Kier molecular flexibility index (Phi) is 5.77. The van der Waals surface area contributed by atoms with E-state index < -0.39 is 6.04 Å². The standard InChI is InChI=1S/C16H22N2O4/c1-13-16(20)17(8-10-21-2)12-15(19)18(13)9-11-22-14-6-4-3-5-7-14/h3-7,13H,8-12H2,1-2H3/t13-/m0/s1. The fourth-order valence-electron chi connectivity index (χ4n) is 2.43. The molecule has 6 nitrogen and oxygen atoms in total. The summed E-state index contributed by atoms with van der Waals surface area (Å²) in [6, 6.07) is 8.95. The van der Waals surface area contributed by atoms with Gasteiger partial charge in [-0.15, -0.1) is 0 Å². The summed E-state index contributed by atoms with van der Waals surface area (Å²) in [6.45, 7) is 3.51. The molecule has 0 aliphatic carbocycles. The first-order valence-corrected chi connectivity index (χ1v) is 7.38. The molecular formula is C16H22N2O4. The maximum atomic E-state index is 12.3. The number of hydrogen-bond donors (Lipinski definition) is 0. The van der Waals surface area contributed by atoms with Crippen LogP contribution in [0.1, 0.15) is 6.92 Å². The Morgan fingerprint density at radius 3 is 2.55 bits per heavy atom. The maximum Gasteiger partial charge on any atom is 0.245 e. The van der Waals surface area contributed by atoms with E-state index in [-0.39, 0.29) is 18.4 Å². The lowest BCUT2D eigenvalue weighted by molar-refractivity contribution is -0.155. The Balaban J connectivity index is 1.86. The number of rotatable bonds is 7. The van der Waals surface area contributed by atoms with Crippen LogP contribution in [0.2, 0.25) is 0 Å². The molecule has 1 atom stereocenters. The van der Waals surface area contributed by atoms with Gasteiger partial charge in [-0.3, -0.25) is 9.59 Å². The van der Waals surface area contributed by atoms with Crippen molar-refractivity contribution in [2.24, 2.45) is 0 Å². The van der Waals surface area contributed by atoms with Crippen molar-refractivity contribution in [2.45, 2.75) is 13.0 Å². The van der Waals surface area contributed by atoms with E-state index in [9.17, 15) is 9.59 Å². The van der Waals surface area contributed by atoms with Crippen LogP contribution in [0.4, 0.5) is 0 Å². The summed E-state index contributed by atoms with van der Waals surface area (Å²) < 4.78 is 10.6. The summed E-state index contributed by atoms with van der Waals surface area (Å²) in [5, 5.41) is 0. The van der Waals surface area contributed by atoms with E-state index in [1.54, 1.807) is 23.8 Å². The van der Waals surface area contributed by atoms with Crippen LogP contribution in [0, 0.1) is 0 Å². The molecule has 22 heavy (non-hydrogen) atoms. The molecule has 1 heterocycles. The molecule has 0 spiro atoms. The number of methoxy groups -OCH3 is 1. The van der Waals surface area contributed by atoms with Crippen molar-refractivity contribution in [3.8, 4) is 5.75 Å². The van der Waals surface area contributed by atoms with Gasteiger partial charge in [0.2, 0.25) is 11.8 Å². The van der Waals surface area contributed by atoms with Crippen molar-refractivity contribution in [1.29, 1.82) is 0 Å². The third-order valence-electron chi connectivity index (χ3n) is 3.69. The zero-order chi connectivity index (χ0) is 15.9. The SMILES string of the molecule is COCCN1CC(=O)N(CCOc2ccccc2)[C@@H](C)C1=O. The molecule has 1 aliphatic rings. The molecule has 1 aromatic rings. The highest BCUT2D eigenvalue weighted by molar-refractivity contribution is 5.94. The third-order valence-corrected chi connectivity index (χ3v) is 3.69. The molecule has 6 heteroatoms. The lowest BCUT2D eigenvalue weighted by Gasteiger charge is -2.38. The lowest BCUT2D eigenvalue weighted by atomic mass is 10.1. The second-order valence-corrected chi connectivity index (χ2v) is 5.18. The Labute approximate surface area is 130 Å². The van der Waals surface area contributed by atoms with Crippen LogP contribution in [0.25, 0.3) is 0 Å². The Bertz CT molecular complexity index is 506. The molecular weight excluding hydrogens is 284 g/mol. The molecule has 1 saturated heterocycles. The molecule has 2 amide bonds. The number of nitrogens with zero attached hydrogens (tertiary/aromatic N) is 2. The highest BCUT2D eigenvalue weighted by atomic mass is 16.5. The first kappa shape index (κ1) is 16.3. The number of benzene rings is 1. The number of ether oxygens (including phenoxy) is 2. The predicted octanol–water partition coefficient (Wildman–Crippen LogP) is 0.771. The molecule has 1 fully saturated rings. The van der Waals surface area contributed by atoms with Crippen LogP contribution >= 0.6 is 0 Å². The monoisotopic (exact) mass is 306 g/mol. The van der Waals surface area contributed by atoms with Gasteiger partial charge in [-0.1, -0.05) is 18.2 Å². The first-order chi connectivity index (χ1) is 10.6. The van der Waals surface area contributed by atoms with Crippen LogP contribution in [0.3, 0.4) is 0 Å². The molecule has 0 N–H and O–H groups in total. The Hall–Kier alpha value is -2.08. The summed E-state index contributed by atoms with van der Waals surface area (Å²) in [6.07, 6.45) is 0. The lowest BCUT2D eigenvalue weighted by Crippen LogP contribution is -2.59. The van der Waals surface area contributed by atoms with Crippen LogP contribution < -0.4 is 4.74 Å². The maximum absolute atomic E-state index is 12.3. The van der Waals surface area contributed by atoms with Crippen molar-refractivity contribution >= 4 is 11.8 Å². The fourth-order valence-corrected chi connectivity index (χ4v) is 2.43. The summed E-state index contributed by atoms with van der Waals surface area (Å²) in [5.41, 5.74) is 0. The third kappa shape index (κ3) is 3.98. The van der Waals surface area contributed by atoms with E-state index in [2.05, 4.69) is 0 Å². The normalized spacial score (nSPS) is 18.7. The minimum Gasteiger partial charge on any atom is -0.492 e. The molecule has 1 aliphatic heterocycles. The molecule has 0 radical (unpaired) electrons. The highest BCUT2D eigenvalue weighted by Crippen LogP contribution is 2.13. The average molecular weight is 306 g/mol. The number of piperazine rings is 1. The first-order valence-electron chi connectivity index (χ1n) is 7.38. The van der Waals surface area contributed by atoms with Gasteiger partial charge in [-0.25, -0.2) is 0 Å². The van der Waals surface area contributed by atoms with Crippen molar-refractivity contribution in [2.75, 3.05) is 40.0 Å². The van der Waals surface area contributed by atoms with Gasteiger partial charge in [0.25, 0.3) is 0 Å². The molecule has 1 aromatic carbocycles. The van der Waals surface area contributed by atoms with E-state index in [0.717, 1.165) is 5.75 Å². The Morgan fingerprint density at radius 1 is 1.14 bits per heavy atom. The van der Waals surface area contributed by atoms with Crippen molar-refractivity contribution < 1.29 is 19.1 Å². The molecule has 0 unspecified atom stereocenters. The number of carbonyl (C=O) groups excluding carboxylic acids is 2. The van der Waals surface area contributed by atoms with Gasteiger partial charge in [-0.05, 0) is 19.1 Å². The van der Waals surface area contributed by atoms with Crippen LogP contribution in [-0.2, 0) is 14.3 Å². The zero-order valence-corrected chi connectivity index (χ0v) is 13.0. The van der Waals surface area contributed by atoms with E-state index in [1.807, 2.05) is 30.3 Å². The van der Waals surface area contributed by atoms with Gasteiger partial charge >= 0.3 is 0 Å². The minimum atomic E-state index is -0.461. The number of amides is 2. The Morgan fingerprint density at radius 2 is 1.86 bits per heavy atom. The quantitative estimate of drug-likeness (QED) is 0.747. The zero-order valence-electron chi connectivity index (χ0n) is 13.0. The van der Waals surface area contributed by atoms with Gasteiger partial charge in [0.15, 0.2) is 0 Å². The van der Waals surface area contributed by atoms with Crippen molar-refractivity contribution in [3.63, 3.8) is 0 Å². The summed E-state index contributed by atoms with van der Waals surface area (Å²) in [7, 11) is 1.58. The molecule has 0 bridgehead atoms. The van der Waals surface area contributed by atoms with Gasteiger partial charge < -0.3 is 19.3 Å². The summed E-state index contributed by atoms with van der Waals surface area (Å²) in [4.78, 5) is 27.6. The van der Waals surface area contributed by atoms with E-state index >= 15 is 0 Å². The number of carbonyl (C=O) groups is 2. The van der Waals surface area contributed by atoms with Crippen LogP contribution in [0.15, 0.2) is 30.3 Å².